The number of hydrogen-bond donors (Lipinski definition) is 2. The van der Waals surface area contributed by atoms with Crippen LogP contribution in [0.3, 0.4) is 0 Å². The van der Waals surface area contributed by atoms with E-state index in [1.165, 1.54) is 0 Å². The second kappa shape index (κ2) is 9.27. The van der Waals surface area contributed by atoms with Crippen LogP contribution >= 0.6 is 0 Å². The van der Waals surface area contributed by atoms with Crippen molar-refractivity contribution >= 4 is 12.0 Å². The third-order valence-corrected chi connectivity index (χ3v) is 4.21. The Morgan fingerprint density at radius 1 is 1.38 bits per heavy atom. The number of likely N-dealkylation sites (N-methyl/N-ethyl adjacent to an activating group) is 1. The van der Waals surface area contributed by atoms with E-state index in [0.29, 0.717) is 19.4 Å². The number of nitrogens with one attached hydrogen (secondary N) is 1. The summed E-state index contributed by atoms with van der Waals surface area (Å²) in [6.07, 6.45) is 3.18. The minimum Gasteiger partial charge on any atom is -0.481 e. The monoisotopic (exact) mass is 334 g/mol. The number of carbonyl (C=O) groups is 2. The van der Waals surface area contributed by atoms with E-state index in [0.717, 1.165) is 25.0 Å². The summed E-state index contributed by atoms with van der Waals surface area (Å²) in [5.41, 5.74) is 1.08. The van der Waals surface area contributed by atoms with E-state index in [1.54, 1.807) is 11.9 Å². The van der Waals surface area contributed by atoms with Gasteiger partial charge in [0.15, 0.2) is 0 Å². The minimum atomic E-state index is -0.852. The first-order valence-corrected chi connectivity index (χ1v) is 8.43. The molecular weight excluding hydrogens is 308 g/mol. The average Bonchev–Trinajstić information content (AvgIpc) is 3.06. The van der Waals surface area contributed by atoms with Crippen LogP contribution in [0, 0.1) is 0 Å². The highest BCUT2D eigenvalue weighted by molar-refractivity contribution is 5.74. The number of benzene rings is 1. The predicted molar refractivity (Wildman–Crippen MR) is 90.9 cm³/mol. The highest BCUT2D eigenvalue weighted by Crippen LogP contribution is 2.13. The predicted octanol–water partition coefficient (Wildman–Crippen LogP) is 2.28. The summed E-state index contributed by atoms with van der Waals surface area (Å²) in [5, 5.41) is 11.9. The number of aliphatic carboxylic acids is 1. The minimum absolute atomic E-state index is 0.0350. The van der Waals surface area contributed by atoms with Crippen LogP contribution in [0.5, 0.6) is 0 Å². The third-order valence-electron chi connectivity index (χ3n) is 4.21. The fraction of sp³-hybridized carbons (Fsp3) is 0.556. The Labute approximate surface area is 142 Å². The molecule has 24 heavy (non-hydrogen) atoms. The Bertz CT molecular complexity index is 529. The van der Waals surface area contributed by atoms with E-state index >= 15 is 0 Å². The molecule has 6 nitrogen and oxygen atoms in total. The lowest BCUT2D eigenvalue weighted by molar-refractivity contribution is -0.137. The molecule has 6 heteroatoms. The summed E-state index contributed by atoms with van der Waals surface area (Å²) in [6.45, 7) is 1.32. The standard InChI is InChI=1S/C18H26N2O4/c1-20(13-16-8-5-11-24-16)18(23)19-15(9-10-17(21)22)12-14-6-3-2-4-7-14/h2-4,6-7,15-16H,5,8-13H2,1H3,(H,19,23)(H,21,22)/t15?,16-/m1/s1. The molecule has 2 rings (SSSR count). The topological polar surface area (TPSA) is 78.9 Å². The zero-order valence-corrected chi connectivity index (χ0v) is 14.1. The maximum atomic E-state index is 12.4. The molecule has 0 bridgehead atoms. The number of carboxylic acid groups (broad SMARTS) is 1. The molecule has 0 aliphatic carbocycles. The van der Waals surface area contributed by atoms with E-state index in [4.69, 9.17) is 9.84 Å². The Hall–Kier alpha value is -2.08. The second-order valence-corrected chi connectivity index (χ2v) is 6.28. The van der Waals surface area contributed by atoms with Crippen LogP contribution in [0.1, 0.15) is 31.2 Å². The number of nitrogens with zero attached hydrogens (tertiary/aromatic N) is 1. The highest BCUT2D eigenvalue weighted by Gasteiger charge is 2.22. The summed E-state index contributed by atoms with van der Waals surface area (Å²) in [4.78, 5) is 24.9. The first-order chi connectivity index (χ1) is 11.5. The van der Waals surface area contributed by atoms with Crippen molar-refractivity contribution in [3.05, 3.63) is 35.9 Å². The van der Waals surface area contributed by atoms with E-state index in [1.807, 2.05) is 30.3 Å². The van der Waals surface area contributed by atoms with Gasteiger partial charge in [-0.15, -0.1) is 0 Å². The lowest BCUT2D eigenvalue weighted by atomic mass is 10.0. The smallest absolute Gasteiger partial charge is 0.317 e. The van der Waals surface area contributed by atoms with Crippen LogP contribution in [0.15, 0.2) is 30.3 Å². The molecule has 0 saturated carbocycles. The van der Waals surface area contributed by atoms with Crippen molar-refractivity contribution in [3.8, 4) is 0 Å². The fourth-order valence-corrected chi connectivity index (χ4v) is 2.88. The van der Waals surface area contributed by atoms with Gasteiger partial charge in [0.2, 0.25) is 0 Å². The molecule has 2 amide bonds. The van der Waals surface area contributed by atoms with Gasteiger partial charge in [-0.2, -0.15) is 0 Å². The van der Waals surface area contributed by atoms with Gasteiger partial charge in [0.05, 0.1) is 6.10 Å². The van der Waals surface area contributed by atoms with Crippen LogP contribution in [-0.4, -0.2) is 54.4 Å². The Morgan fingerprint density at radius 3 is 2.75 bits per heavy atom. The van der Waals surface area contributed by atoms with E-state index in [-0.39, 0.29) is 24.6 Å². The molecule has 1 fully saturated rings. The molecule has 1 aromatic rings. The molecule has 2 N–H and O–H groups in total. The van der Waals surface area contributed by atoms with Gasteiger partial charge in [0, 0.05) is 32.7 Å². The van der Waals surface area contributed by atoms with Gasteiger partial charge in [-0.05, 0) is 31.2 Å². The zero-order chi connectivity index (χ0) is 17.4. The van der Waals surface area contributed by atoms with E-state index < -0.39 is 5.97 Å². The largest absolute Gasteiger partial charge is 0.481 e. The Morgan fingerprint density at radius 2 is 2.12 bits per heavy atom. The number of ether oxygens (including phenoxy) is 1. The van der Waals surface area contributed by atoms with Crippen molar-refractivity contribution in [2.24, 2.45) is 0 Å². The summed E-state index contributed by atoms with van der Waals surface area (Å²) >= 11 is 0. The molecule has 1 aliphatic rings. The first kappa shape index (κ1) is 18.3. The lowest BCUT2D eigenvalue weighted by Gasteiger charge is -2.25. The van der Waals surface area contributed by atoms with Crippen molar-refractivity contribution in [2.75, 3.05) is 20.2 Å². The molecule has 1 aromatic carbocycles. The normalized spacial score (nSPS) is 18.1. The van der Waals surface area contributed by atoms with Crippen LogP contribution < -0.4 is 5.32 Å². The van der Waals surface area contributed by atoms with E-state index in [9.17, 15) is 9.59 Å². The van der Waals surface area contributed by atoms with Crippen molar-refractivity contribution in [3.63, 3.8) is 0 Å². The quantitative estimate of drug-likeness (QED) is 0.764. The molecule has 0 radical (unpaired) electrons. The van der Waals surface area contributed by atoms with Gasteiger partial charge in [-0.1, -0.05) is 30.3 Å². The van der Waals surface area contributed by atoms with Crippen LogP contribution in [0.2, 0.25) is 0 Å². The molecule has 1 unspecified atom stereocenters. The van der Waals surface area contributed by atoms with Gasteiger partial charge in [-0.3, -0.25) is 4.79 Å². The summed E-state index contributed by atoms with van der Waals surface area (Å²) in [6, 6.07) is 9.39. The Balaban J connectivity index is 1.89. The maximum absolute atomic E-state index is 12.4. The molecule has 0 aromatic heterocycles. The fourth-order valence-electron chi connectivity index (χ4n) is 2.88. The molecule has 2 atom stereocenters. The van der Waals surface area contributed by atoms with Crippen LogP contribution in [-0.2, 0) is 16.0 Å². The number of rotatable bonds is 8. The third kappa shape index (κ3) is 6.20. The highest BCUT2D eigenvalue weighted by atomic mass is 16.5. The molecule has 1 aliphatic heterocycles. The zero-order valence-electron chi connectivity index (χ0n) is 14.1. The number of carboxylic acids is 1. The van der Waals surface area contributed by atoms with Crippen LogP contribution in [0.25, 0.3) is 0 Å². The first-order valence-electron chi connectivity index (χ1n) is 8.43. The second-order valence-electron chi connectivity index (χ2n) is 6.28. The Kier molecular flexibility index (Phi) is 7.06. The van der Waals surface area contributed by atoms with Crippen LogP contribution in [0.4, 0.5) is 4.79 Å². The SMILES string of the molecule is CN(C[C@H]1CCCO1)C(=O)NC(CCC(=O)O)Cc1ccccc1. The molecule has 0 spiro atoms. The van der Waals surface area contributed by atoms with Crippen molar-refractivity contribution < 1.29 is 19.4 Å². The van der Waals surface area contributed by atoms with Gasteiger partial charge in [0.1, 0.15) is 0 Å². The molecular formula is C18H26N2O4. The van der Waals surface area contributed by atoms with Gasteiger partial charge >= 0.3 is 12.0 Å². The van der Waals surface area contributed by atoms with Crippen molar-refractivity contribution in [2.45, 2.75) is 44.2 Å². The number of carbonyl (C=O) groups excluding carboxylic acids is 1. The van der Waals surface area contributed by atoms with Gasteiger partial charge in [0.25, 0.3) is 0 Å². The van der Waals surface area contributed by atoms with Crippen molar-refractivity contribution in [1.29, 1.82) is 0 Å². The average molecular weight is 334 g/mol. The molecule has 1 saturated heterocycles. The number of amides is 2. The van der Waals surface area contributed by atoms with E-state index in [2.05, 4.69) is 5.32 Å². The van der Waals surface area contributed by atoms with Crippen molar-refractivity contribution in [1.82, 2.24) is 10.2 Å². The maximum Gasteiger partial charge on any atom is 0.317 e. The molecule has 1 heterocycles. The summed E-state index contributed by atoms with van der Waals surface area (Å²) < 4.78 is 5.55. The summed E-state index contributed by atoms with van der Waals surface area (Å²) in [5.74, 6) is -0.852. The molecule has 132 valence electrons. The summed E-state index contributed by atoms with van der Waals surface area (Å²) in [7, 11) is 1.74. The number of hydrogen-bond acceptors (Lipinski definition) is 3. The lowest BCUT2D eigenvalue weighted by Crippen LogP contribution is -2.46. The van der Waals surface area contributed by atoms with Gasteiger partial charge < -0.3 is 20.1 Å². The van der Waals surface area contributed by atoms with Gasteiger partial charge in [-0.25, -0.2) is 4.79 Å². The number of urea groups is 1.